The summed E-state index contributed by atoms with van der Waals surface area (Å²) in [7, 11) is 2.17. The quantitative estimate of drug-likeness (QED) is 0.806. The highest BCUT2D eigenvalue weighted by atomic mass is 16.3. The lowest BCUT2D eigenvalue weighted by Gasteiger charge is -2.23. The summed E-state index contributed by atoms with van der Waals surface area (Å²) >= 11 is 0. The number of nitrogens with one attached hydrogen (secondary N) is 1. The molecule has 24 heavy (non-hydrogen) atoms. The largest absolute Gasteiger partial charge is 0.461 e. The van der Waals surface area contributed by atoms with Crippen LogP contribution in [-0.2, 0) is 11.2 Å². The third-order valence-electron chi connectivity index (χ3n) is 4.84. The maximum Gasteiger partial charge on any atom is 0.226 e. The zero-order valence-electron chi connectivity index (χ0n) is 15.8. The standard InChI is InChI=1S/C20H30N2O2/c1-7-14(4)22(6)11-10-17-15(5)24-19-9-8-16(12-18(17)19)21-20(23)13(2)3/h8-9,12-14H,7,10-11H2,1-6H3,(H,21,23). The molecular formula is C20H30N2O2. The third-order valence-corrected chi connectivity index (χ3v) is 4.84. The monoisotopic (exact) mass is 330 g/mol. The van der Waals surface area contributed by atoms with Gasteiger partial charge < -0.3 is 14.6 Å². The SMILES string of the molecule is CCC(C)N(C)CCc1c(C)oc2ccc(NC(=O)C(C)C)cc12. The van der Waals surface area contributed by atoms with Gasteiger partial charge in [0.05, 0.1) is 0 Å². The molecule has 0 fully saturated rings. The van der Waals surface area contributed by atoms with Gasteiger partial charge in [-0.2, -0.15) is 0 Å². The molecule has 1 atom stereocenters. The van der Waals surface area contributed by atoms with Gasteiger partial charge in [-0.25, -0.2) is 0 Å². The molecule has 0 bridgehead atoms. The van der Waals surface area contributed by atoms with Crippen molar-refractivity contribution in [2.45, 2.75) is 53.5 Å². The molecule has 0 saturated heterocycles. The molecule has 2 aromatic rings. The van der Waals surface area contributed by atoms with E-state index in [1.54, 1.807) is 0 Å². The molecule has 4 heteroatoms. The second kappa shape index (κ2) is 7.84. The summed E-state index contributed by atoms with van der Waals surface area (Å²) < 4.78 is 5.89. The maximum absolute atomic E-state index is 11.9. The molecule has 132 valence electrons. The van der Waals surface area contributed by atoms with Crippen LogP contribution in [0.4, 0.5) is 5.69 Å². The van der Waals surface area contributed by atoms with E-state index in [0.29, 0.717) is 6.04 Å². The van der Waals surface area contributed by atoms with Gasteiger partial charge >= 0.3 is 0 Å². The Morgan fingerprint density at radius 3 is 2.62 bits per heavy atom. The van der Waals surface area contributed by atoms with Crippen molar-refractivity contribution in [1.82, 2.24) is 4.90 Å². The first-order valence-electron chi connectivity index (χ1n) is 8.86. The Hall–Kier alpha value is -1.81. The van der Waals surface area contributed by atoms with Crippen LogP contribution in [0.25, 0.3) is 11.0 Å². The minimum Gasteiger partial charge on any atom is -0.461 e. The molecule has 2 rings (SSSR count). The molecule has 0 aliphatic carbocycles. The molecule has 1 unspecified atom stereocenters. The van der Waals surface area contributed by atoms with E-state index >= 15 is 0 Å². The van der Waals surface area contributed by atoms with Gasteiger partial charge in [-0.3, -0.25) is 4.79 Å². The Kier molecular flexibility index (Phi) is 6.05. The van der Waals surface area contributed by atoms with Gasteiger partial charge in [0.2, 0.25) is 5.91 Å². The van der Waals surface area contributed by atoms with Crippen LogP contribution in [0, 0.1) is 12.8 Å². The number of amides is 1. The number of rotatable bonds is 7. The van der Waals surface area contributed by atoms with Crippen LogP contribution in [0.1, 0.15) is 45.4 Å². The van der Waals surface area contributed by atoms with E-state index in [9.17, 15) is 4.79 Å². The molecule has 1 N–H and O–H groups in total. The number of aryl methyl sites for hydroxylation is 1. The van der Waals surface area contributed by atoms with Gasteiger partial charge in [-0.1, -0.05) is 20.8 Å². The second-order valence-corrected chi connectivity index (χ2v) is 6.98. The number of benzene rings is 1. The van der Waals surface area contributed by atoms with Crippen LogP contribution >= 0.6 is 0 Å². The smallest absolute Gasteiger partial charge is 0.226 e. The lowest BCUT2D eigenvalue weighted by molar-refractivity contribution is -0.118. The number of fused-ring (bicyclic) bond motifs is 1. The summed E-state index contributed by atoms with van der Waals surface area (Å²) in [4.78, 5) is 14.3. The molecule has 0 radical (unpaired) electrons. The fraction of sp³-hybridized carbons (Fsp3) is 0.550. The summed E-state index contributed by atoms with van der Waals surface area (Å²) in [5.74, 6) is 0.970. The molecule has 1 heterocycles. The molecule has 1 amide bonds. The van der Waals surface area contributed by atoms with Crippen molar-refractivity contribution in [3.05, 3.63) is 29.5 Å². The zero-order chi connectivity index (χ0) is 17.9. The van der Waals surface area contributed by atoms with Crippen molar-refractivity contribution < 1.29 is 9.21 Å². The number of furan rings is 1. The first kappa shape index (κ1) is 18.5. The van der Waals surface area contributed by atoms with Crippen LogP contribution in [0.2, 0.25) is 0 Å². The maximum atomic E-state index is 11.9. The highest BCUT2D eigenvalue weighted by Crippen LogP contribution is 2.29. The molecule has 0 saturated carbocycles. The van der Waals surface area contributed by atoms with Crippen LogP contribution in [0.15, 0.2) is 22.6 Å². The van der Waals surface area contributed by atoms with E-state index in [1.165, 1.54) is 5.56 Å². The lowest BCUT2D eigenvalue weighted by Crippen LogP contribution is -2.30. The third kappa shape index (κ3) is 4.18. The Bertz CT molecular complexity index is 703. The molecule has 0 spiro atoms. The second-order valence-electron chi connectivity index (χ2n) is 6.98. The van der Waals surface area contributed by atoms with E-state index in [4.69, 9.17) is 4.42 Å². The summed E-state index contributed by atoms with van der Waals surface area (Å²) in [6.45, 7) is 11.3. The summed E-state index contributed by atoms with van der Waals surface area (Å²) in [6.07, 6.45) is 2.09. The van der Waals surface area contributed by atoms with Crippen LogP contribution in [-0.4, -0.2) is 30.4 Å². The van der Waals surface area contributed by atoms with Crippen molar-refractivity contribution in [3.8, 4) is 0 Å². The predicted molar refractivity (Wildman–Crippen MR) is 101 cm³/mol. The van der Waals surface area contributed by atoms with Crippen LogP contribution in [0.3, 0.4) is 0 Å². The van der Waals surface area contributed by atoms with Crippen molar-refractivity contribution >= 4 is 22.6 Å². The number of anilines is 1. The number of hydrogen-bond donors (Lipinski definition) is 1. The van der Waals surface area contributed by atoms with Gasteiger partial charge in [0, 0.05) is 35.1 Å². The number of carbonyl (C=O) groups excluding carboxylic acids is 1. The molecule has 1 aromatic carbocycles. The molecular weight excluding hydrogens is 300 g/mol. The normalized spacial score (nSPS) is 13.0. The van der Waals surface area contributed by atoms with Crippen molar-refractivity contribution in [1.29, 1.82) is 0 Å². The Morgan fingerprint density at radius 1 is 1.29 bits per heavy atom. The number of likely N-dealkylation sites (N-methyl/N-ethyl adjacent to an activating group) is 1. The number of hydrogen-bond acceptors (Lipinski definition) is 3. The fourth-order valence-electron chi connectivity index (χ4n) is 2.77. The first-order chi connectivity index (χ1) is 11.3. The highest BCUT2D eigenvalue weighted by Gasteiger charge is 2.15. The Labute approximate surface area is 145 Å². The van der Waals surface area contributed by atoms with Gasteiger partial charge in [-0.05, 0) is 51.9 Å². The van der Waals surface area contributed by atoms with Crippen molar-refractivity contribution in [3.63, 3.8) is 0 Å². The Morgan fingerprint density at radius 2 is 2.00 bits per heavy atom. The van der Waals surface area contributed by atoms with Gasteiger partial charge in [0.15, 0.2) is 0 Å². The number of nitrogens with zero attached hydrogens (tertiary/aromatic N) is 1. The van der Waals surface area contributed by atoms with E-state index in [1.807, 2.05) is 39.0 Å². The fourth-order valence-corrected chi connectivity index (χ4v) is 2.77. The van der Waals surface area contributed by atoms with Gasteiger partial charge in [0.1, 0.15) is 11.3 Å². The lowest BCUT2D eigenvalue weighted by atomic mass is 10.1. The summed E-state index contributed by atoms with van der Waals surface area (Å²) in [5, 5.41) is 4.07. The topological polar surface area (TPSA) is 45.5 Å². The van der Waals surface area contributed by atoms with Gasteiger partial charge in [0.25, 0.3) is 0 Å². The van der Waals surface area contributed by atoms with Crippen molar-refractivity contribution in [2.75, 3.05) is 18.9 Å². The van der Waals surface area contributed by atoms with E-state index in [2.05, 4.69) is 31.1 Å². The van der Waals surface area contributed by atoms with Crippen LogP contribution < -0.4 is 5.32 Å². The number of carbonyl (C=O) groups is 1. The first-order valence-corrected chi connectivity index (χ1v) is 8.86. The zero-order valence-corrected chi connectivity index (χ0v) is 15.8. The Balaban J connectivity index is 2.22. The summed E-state index contributed by atoms with van der Waals surface area (Å²) in [6, 6.07) is 6.45. The van der Waals surface area contributed by atoms with Crippen LogP contribution in [0.5, 0.6) is 0 Å². The molecule has 0 aliphatic rings. The molecule has 4 nitrogen and oxygen atoms in total. The van der Waals surface area contributed by atoms with E-state index < -0.39 is 0 Å². The van der Waals surface area contributed by atoms with E-state index in [-0.39, 0.29) is 11.8 Å². The van der Waals surface area contributed by atoms with E-state index in [0.717, 1.165) is 41.8 Å². The molecule has 1 aromatic heterocycles. The molecule has 0 aliphatic heterocycles. The predicted octanol–water partition coefficient (Wildman–Crippen LogP) is 4.61. The minimum absolute atomic E-state index is 0.0320. The highest BCUT2D eigenvalue weighted by molar-refractivity contribution is 5.95. The average molecular weight is 330 g/mol. The van der Waals surface area contributed by atoms with Crippen molar-refractivity contribution in [2.24, 2.45) is 5.92 Å². The average Bonchev–Trinajstić information content (AvgIpc) is 2.86. The minimum atomic E-state index is -0.0320. The summed E-state index contributed by atoms with van der Waals surface area (Å²) in [5.41, 5.74) is 2.95. The van der Waals surface area contributed by atoms with Gasteiger partial charge in [-0.15, -0.1) is 0 Å².